The van der Waals surface area contributed by atoms with Gasteiger partial charge in [0.2, 0.25) is 0 Å². The van der Waals surface area contributed by atoms with E-state index in [9.17, 15) is 14.7 Å². The number of carbonyl (C=O) groups excluding carboxylic acids is 2. The summed E-state index contributed by atoms with van der Waals surface area (Å²) < 4.78 is 0. The van der Waals surface area contributed by atoms with Crippen molar-refractivity contribution in [2.24, 2.45) is 0 Å². The van der Waals surface area contributed by atoms with Gasteiger partial charge in [-0.3, -0.25) is 15.0 Å². The maximum absolute atomic E-state index is 12.8. The van der Waals surface area contributed by atoms with Crippen molar-refractivity contribution in [3.63, 3.8) is 0 Å². The minimum atomic E-state index is -0.312. The van der Waals surface area contributed by atoms with Crippen molar-refractivity contribution in [1.82, 2.24) is 21.1 Å². The standard InChI is InChI=1S/C23H21N5O3/c29-13-14-11-15(25-23(31)19-12-24-20-7-3-4-10-28(19)20)8-9-16(14)21-17-5-1-2-6-18(17)22(30)27-26-21/h1-12,20-21,24,26,29H,13H2,(H,25,31)(H,27,30). The van der Waals surface area contributed by atoms with Gasteiger partial charge in [-0.1, -0.05) is 30.3 Å². The molecule has 0 spiro atoms. The molecule has 156 valence electrons. The first-order valence-corrected chi connectivity index (χ1v) is 9.95. The van der Waals surface area contributed by atoms with Crippen LogP contribution in [0.5, 0.6) is 0 Å². The van der Waals surface area contributed by atoms with Crippen LogP contribution in [-0.4, -0.2) is 28.0 Å². The molecule has 5 rings (SSSR count). The summed E-state index contributed by atoms with van der Waals surface area (Å²) in [4.78, 5) is 26.8. The summed E-state index contributed by atoms with van der Waals surface area (Å²) in [5, 5.41) is 16.0. The number of rotatable bonds is 4. The third-order valence-corrected chi connectivity index (χ3v) is 5.58. The number of aliphatic hydroxyl groups excluding tert-OH is 1. The summed E-state index contributed by atoms with van der Waals surface area (Å²) in [6, 6.07) is 12.4. The number of amides is 2. The van der Waals surface area contributed by atoms with E-state index in [1.807, 2.05) is 53.6 Å². The number of aliphatic hydroxyl groups is 1. The molecule has 3 heterocycles. The van der Waals surface area contributed by atoms with Crippen LogP contribution in [0.1, 0.15) is 33.1 Å². The van der Waals surface area contributed by atoms with E-state index in [2.05, 4.69) is 21.5 Å². The predicted molar refractivity (Wildman–Crippen MR) is 115 cm³/mol. The molecule has 3 aliphatic heterocycles. The van der Waals surface area contributed by atoms with Crippen LogP contribution in [0, 0.1) is 0 Å². The maximum Gasteiger partial charge on any atom is 0.273 e. The van der Waals surface area contributed by atoms with Crippen molar-refractivity contribution in [2.75, 3.05) is 5.32 Å². The Morgan fingerprint density at radius 2 is 2.00 bits per heavy atom. The molecule has 2 atom stereocenters. The van der Waals surface area contributed by atoms with E-state index in [0.29, 0.717) is 22.5 Å². The van der Waals surface area contributed by atoms with Crippen molar-refractivity contribution < 1.29 is 14.7 Å². The number of anilines is 1. The smallest absolute Gasteiger partial charge is 0.273 e. The van der Waals surface area contributed by atoms with E-state index in [-0.39, 0.29) is 30.6 Å². The van der Waals surface area contributed by atoms with E-state index >= 15 is 0 Å². The Balaban J connectivity index is 1.40. The fourth-order valence-corrected chi connectivity index (χ4v) is 4.07. The van der Waals surface area contributed by atoms with Crippen LogP contribution >= 0.6 is 0 Å². The Labute approximate surface area is 178 Å². The summed E-state index contributed by atoms with van der Waals surface area (Å²) in [6.07, 6.45) is 9.23. The molecule has 0 saturated carbocycles. The molecular formula is C23H21N5O3. The zero-order valence-corrected chi connectivity index (χ0v) is 16.5. The topological polar surface area (TPSA) is 106 Å². The summed E-state index contributed by atoms with van der Waals surface area (Å²) in [5.41, 5.74) is 9.66. The predicted octanol–water partition coefficient (Wildman–Crippen LogP) is 1.61. The van der Waals surface area contributed by atoms with Crippen molar-refractivity contribution in [3.8, 4) is 0 Å². The number of hydrazine groups is 1. The molecule has 8 nitrogen and oxygen atoms in total. The third-order valence-electron chi connectivity index (χ3n) is 5.58. The molecule has 2 unspecified atom stereocenters. The highest BCUT2D eigenvalue weighted by atomic mass is 16.3. The first-order chi connectivity index (χ1) is 15.2. The Kier molecular flexibility index (Phi) is 4.78. The van der Waals surface area contributed by atoms with Gasteiger partial charge in [-0.05, 0) is 47.0 Å². The van der Waals surface area contributed by atoms with Gasteiger partial charge in [-0.25, -0.2) is 5.43 Å². The minimum absolute atomic E-state index is 0.0613. The fraction of sp³-hybridized carbons (Fsp3) is 0.130. The molecule has 0 aromatic heterocycles. The van der Waals surface area contributed by atoms with Gasteiger partial charge < -0.3 is 20.6 Å². The van der Waals surface area contributed by atoms with Crippen LogP contribution in [0.25, 0.3) is 0 Å². The Bertz CT molecular complexity index is 1150. The number of hydrogen-bond donors (Lipinski definition) is 5. The lowest BCUT2D eigenvalue weighted by molar-refractivity contribution is -0.114. The van der Waals surface area contributed by atoms with Gasteiger partial charge in [0.1, 0.15) is 11.9 Å². The molecule has 2 amide bonds. The van der Waals surface area contributed by atoms with Crippen molar-refractivity contribution in [1.29, 1.82) is 0 Å². The molecule has 0 bridgehead atoms. The zero-order chi connectivity index (χ0) is 21.4. The minimum Gasteiger partial charge on any atom is -0.392 e. The highest BCUT2D eigenvalue weighted by molar-refractivity contribution is 6.04. The average molecular weight is 415 g/mol. The lowest BCUT2D eigenvalue weighted by atomic mass is 9.90. The largest absolute Gasteiger partial charge is 0.392 e. The Morgan fingerprint density at radius 3 is 2.87 bits per heavy atom. The van der Waals surface area contributed by atoms with E-state index in [1.165, 1.54) is 0 Å². The van der Waals surface area contributed by atoms with Crippen LogP contribution in [-0.2, 0) is 11.4 Å². The first kappa shape index (κ1) is 19.1. The summed E-state index contributed by atoms with van der Waals surface area (Å²) >= 11 is 0. The monoisotopic (exact) mass is 415 g/mol. The quantitative estimate of drug-likeness (QED) is 0.520. The molecule has 0 aliphatic carbocycles. The van der Waals surface area contributed by atoms with Gasteiger partial charge in [0.25, 0.3) is 11.8 Å². The number of fused-ring (bicyclic) bond motifs is 2. The summed E-state index contributed by atoms with van der Waals surface area (Å²) in [7, 11) is 0. The zero-order valence-electron chi connectivity index (χ0n) is 16.5. The highest BCUT2D eigenvalue weighted by Gasteiger charge is 2.29. The van der Waals surface area contributed by atoms with E-state index in [0.717, 1.165) is 11.1 Å². The second-order valence-electron chi connectivity index (χ2n) is 7.42. The fourth-order valence-electron chi connectivity index (χ4n) is 4.07. The third kappa shape index (κ3) is 3.37. The molecule has 0 radical (unpaired) electrons. The lowest BCUT2D eigenvalue weighted by Crippen LogP contribution is -2.45. The highest BCUT2D eigenvalue weighted by Crippen LogP contribution is 2.31. The number of benzene rings is 2. The van der Waals surface area contributed by atoms with Gasteiger partial charge in [0, 0.05) is 23.7 Å². The number of nitrogens with one attached hydrogen (secondary N) is 4. The summed E-state index contributed by atoms with van der Waals surface area (Å²) in [5.74, 6) is -0.445. The second-order valence-corrected chi connectivity index (χ2v) is 7.42. The van der Waals surface area contributed by atoms with Gasteiger partial charge in [0.05, 0.1) is 12.6 Å². The van der Waals surface area contributed by atoms with Crippen molar-refractivity contribution in [3.05, 3.63) is 101 Å². The molecule has 31 heavy (non-hydrogen) atoms. The van der Waals surface area contributed by atoms with Gasteiger partial charge >= 0.3 is 0 Å². The number of hydrogen-bond acceptors (Lipinski definition) is 6. The molecule has 8 heteroatoms. The number of nitrogens with zero attached hydrogens (tertiary/aromatic N) is 1. The number of carbonyl (C=O) groups is 2. The molecule has 3 aliphatic rings. The number of allylic oxidation sites excluding steroid dienone is 2. The van der Waals surface area contributed by atoms with Crippen LogP contribution in [0.3, 0.4) is 0 Å². The van der Waals surface area contributed by atoms with Crippen LogP contribution in [0.15, 0.2) is 78.8 Å². The van der Waals surface area contributed by atoms with E-state index in [1.54, 1.807) is 24.4 Å². The van der Waals surface area contributed by atoms with Crippen LogP contribution in [0.2, 0.25) is 0 Å². The maximum atomic E-state index is 12.8. The molecule has 2 aromatic rings. The van der Waals surface area contributed by atoms with Crippen molar-refractivity contribution in [2.45, 2.75) is 18.8 Å². The summed E-state index contributed by atoms with van der Waals surface area (Å²) in [6.45, 7) is -0.209. The molecule has 5 N–H and O–H groups in total. The molecule has 2 aromatic carbocycles. The average Bonchev–Trinajstić information content (AvgIpc) is 3.24. The molecular weight excluding hydrogens is 394 g/mol. The normalized spacial score (nSPS) is 21.0. The Hall–Kier alpha value is -3.88. The molecule has 0 fully saturated rings. The van der Waals surface area contributed by atoms with Gasteiger partial charge in [0.15, 0.2) is 0 Å². The van der Waals surface area contributed by atoms with Crippen LogP contribution < -0.4 is 21.5 Å². The first-order valence-electron chi connectivity index (χ1n) is 9.95. The Morgan fingerprint density at radius 1 is 1.13 bits per heavy atom. The van der Waals surface area contributed by atoms with Crippen LogP contribution in [0.4, 0.5) is 5.69 Å². The van der Waals surface area contributed by atoms with Crippen molar-refractivity contribution >= 4 is 17.5 Å². The van der Waals surface area contributed by atoms with E-state index < -0.39 is 0 Å². The lowest BCUT2D eigenvalue weighted by Gasteiger charge is -2.29. The molecule has 0 saturated heterocycles. The second kappa shape index (κ2) is 7.75. The van der Waals surface area contributed by atoms with Gasteiger partial charge in [-0.15, -0.1) is 0 Å². The SMILES string of the molecule is O=C(Nc1ccc(C2NNC(=O)c3ccccc32)c(CO)c1)C1=CNC2C=CC=CN12. The van der Waals surface area contributed by atoms with E-state index in [4.69, 9.17) is 0 Å². The van der Waals surface area contributed by atoms with Gasteiger partial charge in [-0.2, -0.15) is 0 Å².